The largest absolute Gasteiger partial charge is 0.0925 e. The van der Waals surface area contributed by atoms with Gasteiger partial charge in [-0.2, -0.15) is 0 Å². The average Bonchev–Trinajstić information content (AvgIpc) is 2.77. The minimum atomic E-state index is -0.446. The third-order valence-corrected chi connectivity index (χ3v) is 8.76. The van der Waals surface area contributed by atoms with Crippen molar-refractivity contribution in [2.24, 2.45) is 11.8 Å². The van der Waals surface area contributed by atoms with Crippen LogP contribution in [0.15, 0.2) is 91.0 Å². The van der Waals surface area contributed by atoms with Crippen molar-refractivity contribution < 1.29 is 0 Å². The Morgan fingerprint density at radius 1 is 0.643 bits per heavy atom. The van der Waals surface area contributed by atoms with E-state index in [-0.39, 0.29) is 0 Å². The SMILES string of the molecule is CC1CCC(CBr)CC1.c1ccc(P(c2ccccc2)c2ccccc2)cc1. The molecule has 0 aromatic heterocycles. The van der Waals surface area contributed by atoms with Crippen LogP contribution < -0.4 is 15.9 Å². The molecule has 0 heterocycles. The lowest BCUT2D eigenvalue weighted by Crippen LogP contribution is -2.20. The van der Waals surface area contributed by atoms with E-state index in [1.54, 1.807) is 0 Å². The van der Waals surface area contributed by atoms with Gasteiger partial charge in [0.15, 0.2) is 0 Å². The van der Waals surface area contributed by atoms with E-state index in [1.165, 1.54) is 46.9 Å². The van der Waals surface area contributed by atoms with Gasteiger partial charge in [-0.15, -0.1) is 0 Å². The molecule has 1 fully saturated rings. The Kier molecular flexibility index (Phi) is 8.77. The van der Waals surface area contributed by atoms with Crippen molar-refractivity contribution in [3.63, 3.8) is 0 Å². The van der Waals surface area contributed by atoms with Crippen molar-refractivity contribution in [3.05, 3.63) is 91.0 Å². The van der Waals surface area contributed by atoms with Crippen LogP contribution in [0.5, 0.6) is 0 Å². The molecule has 0 N–H and O–H groups in total. The summed E-state index contributed by atoms with van der Waals surface area (Å²) in [6.07, 6.45) is 5.81. The first-order valence-corrected chi connectivity index (χ1v) is 12.8. The Hall–Kier alpha value is -1.43. The number of hydrogen-bond acceptors (Lipinski definition) is 0. The molecular weight excluding hydrogens is 423 g/mol. The van der Waals surface area contributed by atoms with Gasteiger partial charge in [-0.1, -0.05) is 127 Å². The summed E-state index contributed by atoms with van der Waals surface area (Å²) in [5, 5.41) is 5.42. The highest BCUT2D eigenvalue weighted by molar-refractivity contribution is 9.09. The van der Waals surface area contributed by atoms with Gasteiger partial charge in [0, 0.05) is 5.33 Å². The summed E-state index contributed by atoms with van der Waals surface area (Å²) in [4.78, 5) is 0. The van der Waals surface area contributed by atoms with Crippen LogP contribution >= 0.6 is 23.9 Å². The second-order valence-corrected chi connectivity index (χ2v) is 10.5. The summed E-state index contributed by atoms with van der Waals surface area (Å²) in [5.74, 6) is 1.99. The standard InChI is InChI=1S/C18H15P.C8H15Br/c1-4-10-16(11-5-1)19(17-12-6-2-7-13-17)18-14-8-3-9-15-18;1-7-2-4-8(6-9)5-3-7/h1-15H;7-8H,2-6H2,1H3. The van der Waals surface area contributed by atoms with Crippen molar-refractivity contribution in [1.29, 1.82) is 0 Å². The van der Waals surface area contributed by atoms with E-state index in [4.69, 9.17) is 0 Å². The van der Waals surface area contributed by atoms with Crippen molar-refractivity contribution in [1.82, 2.24) is 0 Å². The Morgan fingerprint density at radius 2 is 1.00 bits per heavy atom. The van der Waals surface area contributed by atoms with Gasteiger partial charge < -0.3 is 0 Å². The molecule has 0 unspecified atom stereocenters. The smallest absolute Gasteiger partial charge is 0.00596 e. The van der Waals surface area contributed by atoms with E-state index in [2.05, 4.69) is 114 Å². The van der Waals surface area contributed by atoms with Crippen molar-refractivity contribution >= 4 is 39.8 Å². The van der Waals surface area contributed by atoms with E-state index in [0.717, 1.165) is 11.8 Å². The minimum absolute atomic E-state index is 0.446. The fraction of sp³-hybridized carbons (Fsp3) is 0.308. The Bertz CT molecular complexity index is 687. The fourth-order valence-electron chi connectivity index (χ4n) is 3.66. The average molecular weight is 453 g/mol. The normalized spacial score (nSPS) is 19.0. The Morgan fingerprint density at radius 3 is 1.32 bits per heavy atom. The molecule has 0 radical (unpaired) electrons. The van der Waals surface area contributed by atoms with Crippen LogP contribution in [0.4, 0.5) is 0 Å². The van der Waals surface area contributed by atoms with Gasteiger partial charge in [-0.05, 0) is 48.5 Å². The quantitative estimate of drug-likeness (QED) is 0.306. The van der Waals surface area contributed by atoms with E-state index >= 15 is 0 Å². The van der Waals surface area contributed by atoms with Crippen molar-refractivity contribution in [3.8, 4) is 0 Å². The van der Waals surface area contributed by atoms with Crippen LogP contribution in [-0.2, 0) is 0 Å². The first kappa shape index (κ1) is 21.3. The molecule has 0 saturated heterocycles. The predicted molar refractivity (Wildman–Crippen MR) is 130 cm³/mol. The summed E-state index contributed by atoms with van der Waals surface area (Å²) in [6.45, 7) is 2.37. The van der Waals surface area contributed by atoms with Gasteiger partial charge in [0.2, 0.25) is 0 Å². The zero-order valence-corrected chi connectivity index (χ0v) is 19.2. The van der Waals surface area contributed by atoms with Gasteiger partial charge in [0.05, 0.1) is 0 Å². The summed E-state index contributed by atoms with van der Waals surface area (Å²) in [6, 6.07) is 32.3. The number of benzene rings is 3. The maximum absolute atomic E-state index is 3.53. The molecular formula is C26H30BrP. The summed E-state index contributed by atoms with van der Waals surface area (Å²) in [7, 11) is -0.446. The van der Waals surface area contributed by atoms with Crippen molar-refractivity contribution in [2.75, 3.05) is 5.33 Å². The molecule has 3 aromatic rings. The maximum atomic E-state index is 3.53. The molecule has 2 heteroatoms. The monoisotopic (exact) mass is 452 g/mol. The highest BCUT2D eigenvalue weighted by Crippen LogP contribution is 2.32. The Labute approximate surface area is 180 Å². The van der Waals surface area contributed by atoms with Gasteiger partial charge in [-0.3, -0.25) is 0 Å². The molecule has 146 valence electrons. The predicted octanol–water partition coefficient (Wildman–Crippen LogP) is 6.65. The highest BCUT2D eigenvalue weighted by atomic mass is 79.9. The van der Waals surface area contributed by atoms with Crippen LogP contribution in [0.2, 0.25) is 0 Å². The third kappa shape index (κ3) is 6.29. The van der Waals surface area contributed by atoms with Crippen LogP contribution in [0.25, 0.3) is 0 Å². The molecule has 0 nitrogen and oxygen atoms in total. The lowest BCUT2D eigenvalue weighted by Gasteiger charge is -2.24. The van der Waals surface area contributed by atoms with E-state index in [9.17, 15) is 0 Å². The molecule has 0 amide bonds. The van der Waals surface area contributed by atoms with Crippen LogP contribution in [-0.4, -0.2) is 5.33 Å². The molecule has 0 spiro atoms. The molecule has 1 aliphatic carbocycles. The first-order chi connectivity index (χ1) is 13.8. The lowest BCUT2D eigenvalue weighted by molar-refractivity contribution is 0.313. The van der Waals surface area contributed by atoms with Gasteiger partial charge >= 0.3 is 0 Å². The number of rotatable bonds is 4. The van der Waals surface area contributed by atoms with Gasteiger partial charge in [0.25, 0.3) is 0 Å². The van der Waals surface area contributed by atoms with Gasteiger partial charge in [0.1, 0.15) is 0 Å². The molecule has 0 atom stereocenters. The summed E-state index contributed by atoms with van der Waals surface area (Å²) >= 11 is 3.53. The van der Waals surface area contributed by atoms with Crippen LogP contribution in [0.1, 0.15) is 32.6 Å². The van der Waals surface area contributed by atoms with Crippen LogP contribution in [0, 0.1) is 11.8 Å². The molecule has 3 aromatic carbocycles. The third-order valence-electron chi connectivity index (χ3n) is 5.40. The summed E-state index contributed by atoms with van der Waals surface area (Å²) in [5.41, 5.74) is 0. The molecule has 28 heavy (non-hydrogen) atoms. The topological polar surface area (TPSA) is 0 Å². The summed E-state index contributed by atoms with van der Waals surface area (Å²) < 4.78 is 0. The fourth-order valence-corrected chi connectivity index (χ4v) is 6.61. The number of hydrogen-bond donors (Lipinski definition) is 0. The van der Waals surface area contributed by atoms with Crippen molar-refractivity contribution in [2.45, 2.75) is 32.6 Å². The molecule has 0 bridgehead atoms. The minimum Gasteiger partial charge on any atom is -0.0925 e. The van der Waals surface area contributed by atoms with E-state index in [1.807, 2.05) is 0 Å². The van der Waals surface area contributed by atoms with Gasteiger partial charge in [-0.25, -0.2) is 0 Å². The first-order valence-electron chi connectivity index (χ1n) is 10.3. The maximum Gasteiger partial charge on any atom is 0.00596 e. The van der Waals surface area contributed by atoms with E-state index in [0.29, 0.717) is 0 Å². The lowest BCUT2D eigenvalue weighted by atomic mass is 9.84. The van der Waals surface area contributed by atoms with E-state index < -0.39 is 7.92 Å². The Balaban J connectivity index is 0.000000211. The highest BCUT2D eigenvalue weighted by Gasteiger charge is 2.16. The molecule has 0 aliphatic heterocycles. The second-order valence-electron chi connectivity index (χ2n) is 7.62. The second kappa shape index (κ2) is 11.5. The molecule has 1 aliphatic rings. The number of halogens is 1. The molecule has 4 rings (SSSR count). The van der Waals surface area contributed by atoms with Crippen LogP contribution in [0.3, 0.4) is 0 Å². The molecule has 1 saturated carbocycles. The number of alkyl halides is 1. The zero-order valence-electron chi connectivity index (χ0n) is 16.7. The zero-order chi connectivity index (χ0) is 19.6.